The molecular formula is C12H23N3O5. The van der Waals surface area contributed by atoms with Crippen molar-refractivity contribution in [2.24, 2.45) is 0 Å². The molecule has 1 unspecified atom stereocenters. The molecular weight excluding hydrogens is 266 g/mol. The average Bonchev–Trinajstić information content (AvgIpc) is 2.34. The van der Waals surface area contributed by atoms with Crippen LogP contribution in [0, 0.1) is 0 Å². The number of hydrogen-bond donors (Lipinski definition) is 5. The number of urea groups is 1. The Bertz CT molecular complexity index is 346. The Morgan fingerprint density at radius 2 is 1.75 bits per heavy atom. The van der Waals surface area contributed by atoms with Gasteiger partial charge in [0.15, 0.2) is 6.04 Å². The molecule has 8 nitrogen and oxygen atoms in total. The van der Waals surface area contributed by atoms with E-state index in [4.69, 9.17) is 5.11 Å². The average molecular weight is 289 g/mol. The molecule has 116 valence electrons. The molecule has 0 spiro atoms. The summed E-state index contributed by atoms with van der Waals surface area (Å²) in [6, 6.07) is -2.05. The molecule has 0 saturated carbocycles. The minimum absolute atomic E-state index is 0.0722. The van der Waals surface area contributed by atoms with Crippen LogP contribution in [0.15, 0.2) is 0 Å². The van der Waals surface area contributed by atoms with E-state index in [9.17, 15) is 19.5 Å². The molecule has 0 aromatic rings. The molecule has 0 aromatic carbocycles. The van der Waals surface area contributed by atoms with E-state index >= 15 is 0 Å². The van der Waals surface area contributed by atoms with E-state index in [0.717, 1.165) is 6.42 Å². The lowest BCUT2D eigenvalue weighted by molar-refractivity contribution is -0.141. The molecule has 0 aromatic heterocycles. The van der Waals surface area contributed by atoms with Crippen LogP contribution in [-0.4, -0.2) is 52.9 Å². The van der Waals surface area contributed by atoms with Gasteiger partial charge in [-0.3, -0.25) is 4.79 Å². The van der Waals surface area contributed by atoms with Gasteiger partial charge in [-0.05, 0) is 20.3 Å². The number of amides is 3. The molecule has 5 N–H and O–H groups in total. The number of hydrogen-bond acceptors (Lipinski definition) is 4. The van der Waals surface area contributed by atoms with Gasteiger partial charge in [0, 0.05) is 19.0 Å². The van der Waals surface area contributed by atoms with Gasteiger partial charge in [0.05, 0.1) is 6.10 Å². The summed E-state index contributed by atoms with van der Waals surface area (Å²) in [5.74, 6) is -1.52. The van der Waals surface area contributed by atoms with Crippen LogP contribution >= 0.6 is 0 Å². The molecule has 3 amide bonds. The monoisotopic (exact) mass is 289 g/mol. The maximum absolute atomic E-state index is 11.4. The fourth-order valence-electron chi connectivity index (χ4n) is 1.32. The zero-order valence-electron chi connectivity index (χ0n) is 12.0. The van der Waals surface area contributed by atoms with Gasteiger partial charge in [-0.1, -0.05) is 6.92 Å². The van der Waals surface area contributed by atoms with Crippen LogP contribution in [0.5, 0.6) is 0 Å². The first-order chi connectivity index (χ1) is 9.27. The zero-order valence-corrected chi connectivity index (χ0v) is 12.0. The summed E-state index contributed by atoms with van der Waals surface area (Å²) >= 11 is 0. The number of carboxylic acid groups (broad SMARTS) is 1. The summed E-state index contributed by atoms with van der Waals surface area (Å²) in [5.41, 5.74) is 0. The summed E-state index contributed by atoms with van der Waals surface area (Å²) in [5, 5.41) is 25.2. The molecule has 0 heterocycles. The van der Waals surface area contributed by atoms with Gasteiger partial charge in [0.2, 0.25) is 5.91 Å². The van der Waals surface area contributed by atoms with Gasteiger partial charge in [0.1, 0.15) is 0 Å². The first-order valence-corrected chi connectivity index (χ1v) is 6.52. The van der Waals surface area contributed by atoms with E-state index in [1.807, 2.05) is 13.8 Å². The molecule has 0 fully saturated rings. The number of rotatable bonds is 8. The van der Waals surface area contributed by atoms with Crippen molar-refractivity contribution in [3.63, 3.8) is 0 Å². The molecule has 0 radical (unpaired) electrons. The topological polar surface area (TPSA) is 128 Å². The quantitative estimate of drug-likeness (QED) is 0.408. The molecule has 3 atom stereocenters. The van der Waals surface area contributed by atoms with E-state index in [0.29, 0.717) is 0 Å². The minimum Gasteiger partial charge on any atom is -0.480 e. The molecule has 0 saturated heterocycles. The minimum atomic E-state index is -1.39. The van der Waals surface area contributed by atoms with Crippen molar-refractivity contribution in [1.29, 1.82) is 0 Å². The van der Waals surface area contributed by atoms with Crippen LogP contribution in [0.3, 0.4) is 0 Å². The van der Waals surface area contributed by atoms with Crippen molar-refractivity contribution in [2.75, 3.05) is 6.54 Å². The van der Waals surface area contributed by atoms with Crippen molar-refractivity contribution in [2.45, 2.75) is 51.8 Å². The normalized spacial score (nSPS) is 14.8. The maximum Gasteiger partial charge on any atom is 0.328 e. The maximum atomic E-state index is 11.4. The Morgan fingerprint density at radius 3 is 2.20 bits per heavy atom. The predicted molar refractivity (Wildman–Crippen MR) is 72.2 cm³/mol. The van der Waals surface area contributed by atoms with Gasteiger partial charge >= 0.3 is 12.0 Å². The van der Waals surface area contributed by atoms with Crippen molar-refractivity contribution in [1.82, 2.24) is 16.0 Å². The van der Waals surface area contributed by atoms with Gasteiger partial charge in [-0.15, -0.1) is 0 Å². The fraction of sp³-hybridized carbons (Fsp3) is 0.750. The van der Waals surface area contributed by atoms with Crippen molar-refractivity contribution < 1.29 is 24.6 Å². The lowest BCUT2D eigenvalue weighted by Crippen LogP contribution is -2.51. The second kappa shape index (κ2) is 9.13. The van der Waals surface area contributed by atoms with Crippen LogP contribution in [0.1, 0.15) is 33.6 Å². The second-order valence-corrected chi connectivity index (χ2v) is 4.58. The van der Waals surface area contributed by atoms with Gasteiger partial charge in [-0.2, -0.15) is 0 Å². The SMILES string of the molecule is CCC(C)NC(=O)CCNC(=O)N[C@H](C(=O)O)[C@@H](C)O. The highest BCUT2D eigenvalue weighted by molar-refractivity contribution is 5.83. The van der Waals surface area contributed by atoms with Crippen LogP contribution in [0.2, 0.25) is 0 Å². The molecule has 0 bridgehead atoms. The highest BCUT2D eigenvalue weighted by atomic mass is 16.4. The van der Waals surface area contributed by atoms with Crippen LogP contribution < -0.4 is 16.0 Å². The molecule has 0 aliphatic heterocycles. The first-order valence-electron chi connectivity index (χ1n) is 6.52. The zero-order chi connectivity index (χ0) is 15.7. The largest absolute Gasteiger partial charge is 0.480 e. The lowest BCUT2D eigenvalue weighted by Gasteiger charge is -2.17. The third-order valence-electron chi connectivity index (χ3n) is 2.69. The van der Waals surface area contributed by atoms with Crippen molar-refractivity contribution in [3.05, 3.63) is 0 Å². The molecule has 0 aliphatic carbocycles. The summed E-state index contributed by atoms with van der Waals surface area (Å²) in [7, 11) is 0. The van der Waals surface area contributed by atoms with Crippen LogP contribution in [0.25, 0.3) is 0 Å². The second-order valence-electron chi connectivity index (χ2n) is 4.58. The smallest absolute Gasteiger partial charge is 0.328 e. The molecule has 8 heteroatoms. The molecule has 0 rings (SSSR count). The number of aliphatic hydroxyl groups is 1. The number of carboxylic acids is 1. The number of carbonyl (C=O) groups is 3. The lowest BCUT2D eigenvalue weighted by atomic mass is 10.2. The fourth-order valence-corrected chi connectivity index (χ4v) is 1.32. The summed E-state index contributed by atoms with van der Waals surface area (Å²) in [6.07, 6.45) is -0.301. The van der Waals surface area contributed by atoms with Gasteiger partial charge in [-0.25, -0.2) is 9.59 Å². The van der Waals surface area contributed by atoms with Gasteiger partial charge < -0.3 is 26.2 Å². The van der Waals surface area contributed by atoms with Crippen molar-refractivity contribution in [3.8, 4) is 0 Å². The van der Waals surface area contributed by atoms with E-state index in [2.05, 4.69) is 16.0 Å². The van der Waals surface area contributed by atoms with Crippen LogP contribution in [0.4, 0.5) is 4.79 Å². The molecule has 20 heavy (non-hydrogen) atoms. The number of aliphatic hydroxyl groups excluding tert-OH is 1. The van der Waals surface area contributed by atoms with E-state index in [1.54, 1.807) is 0 Å². The van der Waals surface area contributed by atoms with E-state index < -0.39 is 24.1 Å². The van der Waals surface area contributed by atoms with Crippen LogP contribution in [-0.2, 0) is 9.59 Å². The summed E-state index contributed by atoms with van der Waals surface area (Å²) in [4.78, 5) is 33.6. The Kier molecular flexibility index (Phi) is 8.30. The third kappa shape index (κ3) is 7.57. The Labute approximate surface area is 117 Å². The summed E-state index contributed by atoms with van der Waals surface area (Å²) < 4.78 is 0. The standard InChI is InChI=1S/C12H23N3O5/c1-4-7(2)14-9(17)5-6-13-12(20)15-10(8(3)16)11(18)19/h7-8,10,16H,4-6H2,1-3H3,(H,14,17)(H,18,19)(H2,13,15,20)/t7?,8-,10+/m1/s1. The third-order valence-corrected chi connectivity index (χ3v) is 2.69. The predicted octanol–water partition coefficient (Wildman–Crippen LogP) is -0.576. The first kappa shape index (κ1) is 18.2. The highest BCUT2D eigenvalue weighted by Crippen LogP contribution is 1.93. The highest BCUT2D eigenvalue weighted by Gasteiger charge is 2.24. The Balaban J connectivity index is 3.99. The number of aliphatic carboxylic acids is 1. The Hall–Kier alpha value is -1.83. The van der Waals surface area contributed by atoms with Crippen molar-refractivity contribution >= 4 is 17.9 Å². The molecule has 0 aliphatic rings. The Morgan fingerprint density at radius 1 is 1.15 bits per heavy atom. The number of nitrogens with one attached hydrogen (secondary N) is 3. The number of carbonyl (C=O) groups excluding carboxylic acids is 2. The van der Waals surface area contributed by atoms with E-state index in [-0.39, 0.29) is 24.9 Å². The van der Waals surface area contributed by atoms with Gasteiger partial charge in [0.25, 0.3) is 0 Å². The van der Waals surface area contributed by atoms with E-state index in [1.165, 1.54) is 6.92 Å². The summed E-state index contributed by atoms with van der Waals surface area (Å²) in [6.45, 7) is 5.16.